The topological polar surface area (TPSA) is 6.48 Å². The molecule has 0 saturated heterocycles. The zero-order chi connectivity index (χ0) is 69.9. The Morgan fingerprint density at radius 1 is 0.194 bits per heavy atom. The summed E-state index contributed by atoms with van der Waals surface area (Å²) in [7, 11) is 0. The Hall–Kier alpha value is -11.8. The molecule has 2 nitrogen and oxygen atoms in total. The third-order valence-electron chi connectivity index (χ3n) is 23.2. The molecule has 19 rings (SSSR count). The first kappa shape index (κ1) is 62.2. The highest BCUT2D eigenvalue weighted by molar-refractivity contribution is 6.00. The molecule has 0 atom stereocenters. The van der Waals surface area contributed by atoms with Crippen LogP contribution >= 0.6 is 0 Å². The fourth-order valence-electron chi connectivity index (χ4n) is 19.4. The third-order valence-corrected chi connectivity index (χ3v) is 23.2. The number of aryl methyl sites for hydroxylation is 8. The van der Waals surface area contributed by atoms with Crippen molar-refractivity contribution in [1.82, 2.24) is 0 Å². The fraction of sp³-hybridized carbons (Fsp3) is 0.129. The van der Waals surface area contributed by atoms with Crippen molar-refractivity contribution >= 4 is 58.4 Å². The molecule has 0 saturated carbocycles. The van der Waals surface area contributed by atoms with Crippen LogP contribution in [-0.4, -0.2) is 0 Å². The van der Waals surface area contributed by atoms with E-state index in [4.69, 9.17) is 0 Å². The number of fused-ring (bicyclic) bond motifs is 23. The Bertz CT molecular complexity index is 5400. The average Bonchev–Trinajstić information content (AvgIpc) is 1.51. The van der Waals surface area contributed by atoms with Crippen molar-refractivity contribution in [3.63, 3.8) is 0 Å². The molecule has 0 aliphatic heterocycles. The van der Waals surface area contributed by atoms with Crippen LogP contribution in [0.2, 0.25) is 0 Å². The highest BCUT2D eigenvalue weighted by Gasteiger charge is 2.54. The van der Waals surface area contributed by atoms with E-state index in [0.29, 0.717) is 0 Å². The second-order valence-corrected chi connectivity index (χ2v) is 30.7. The normalized spacial score (nSPS) is 14.3. The predicted molar refractivity (Wildman–Crippen MR) is 435 cm³/mol. The summed E-state index contributed by atoms with van der Waals surface area (Å²) in [4.78, 5) is 4.95. The highest BCUT2D eigenvalue weighted by Crippen LogP contribution is 2.66. The number of hydrogen-bond donors (Lipinski definition) is 0. The van der Waals surface area contributed by atoms with E-state index in [9.17, 15) is 0 Å². The summed E-state index contributed by atoms with van der Waals surface area (Å²) < 4.78 is 0. The van der Waals surface area contributed by atoms with Gasteiger partial charge in [0.25, 0.3) is 0 Å². The first-order valence-electron chi connectivity index (χ1n) is 36.6. The summed E-state index contributed by atoms with van der Waals surface area (Å²) >= 11 is 0. The Labute approximate surface area is 606 Å². The van der Waals surface area contributed by atoms with Gasteiger partial charge in [-0.2, -0.15) is 0 Å². The minimum atomic E-state index is -0.532. The van der Waals surface area contributed by atoms with Crippen molar-refractivity contribution in [1.29, 1.82) is 0 Å². The summed E-state index contributed by atoms with van der Waals surface area (Å²) in [6.45, 7) is 22.5. The van der Waals surface area contributed by atoms with E-state index < -0.39 is 10.8 Å². The van der Waals surface area contributed by atoms with E-state index in [2.05, 4.69) is 382 Å². The third kappa shape index (κ3) is 9.46. The van der Waals surface area contributed by atoms with Crippen LogP contribution in [0.1, 0.15) is 136 Å². The molecule has 0 radical (unpaired) electrons. The molecule has 494 valence electrons. The van der Waals surface area contributed by atoms with Crippen molar-refractivity contribution in [2.45, 2.75) is 85.5 Å². The summed E-state index contributed by atoms with van der Waals surface area (Å²) in [5.74, 6) is 0. The number of anilines is 6. The number of benzene rings is 14. The number of hydrogen-bond acceptors (Lipinski definition) is 2. The van der Waals surface area contributed by atoms with Gasteiger partial charge < -0.3 is 9.80 Å². The van der Waals surface area contributed by atoms with E-state index in [1.807, 2.05) is 0 Å². The van der Waals surface area contributed by atoms with Crippen LogP contribution in [0.25, 0.3) is 79.9 Å². The summed E-state index contributed by atoms with van der Waals surface area (Å²) in [5.41, 5.74) is 46.7. The first-order valence-corrected chi connectivity index (χ1v) is 36.6. The molecule has 0 amide bonds. The maximum Gasteiger partial charge on any atom is 0.0726 e. The Balaban J connectivity index is 0.655. The molecule has 0 bridgehead atoms. The zero-order valence-corrected chi connectivity index (χ0v) is 60.3. The largest absolute Gasteiger partial charge is 0.310 e. The molecule has 0 unspecified atom stereocenters. The molecule has 0 fully saturated rings. The molecular weight excluding hydrogens is 1240 g/mol. The van der Waals surface area contributed by atoms with Gasteiger partial charge in [-0.05, 0) is 318 Å². The van der Waals surface area contributed by atoms with Crippen molar-refractivity contribution in [3.8, 4) is 55.6 Å². The quantitative estimate of drug-likeness (QED) is 0.126. The zero-order valence-electron chi connectivity index (χ0n) is 60.3. The van der Waals surface area contributed by atoms with Crippen LogP contribution in [-0.2, 0) is 16.2 Å². The summed E-state index contributed by atoms with van der Waals surface area (Å²) in [5, 5.41) is 0. The molecule has 2 heteroatoms. The van der Waals surface area contributed by atoms with E-state index >= 15 is 0 Å². The number of nitrogens with zero attached hydrogens (tertiary/aromatic N) is 2. The smallest absolute Gasteiger partial charge is 0.0726 e. The summed E-state index contributed by atoms with van der Waals surface area (Å²) in [6.07, 6.45) is 9.34. The van der Waals surface area contributed by atoms with Gasteiger partial charge in [0.2, 0.25) is 0 Å². The standard InChI is InChI=1S/C101H80N2/c1-61-43-62(2)48-75(47-61)102(76-49-63(3)44-64(4)50-76)73-35-41-87-85-39-33-71(57-95(85)100(97(87)59-73)89-23-15-11-19-79(89)80-20-12-16-24-90(80)100)29-27-69-31-37-83-84-38-32-70(56-94(84)99(9,10)93(83)55-69)28-30-72-34-40-86-88-42-36-74(103(77-51-65(5)45-66(6)52-77)78-53-67(7)46-68(8)54-78)60-98(88)101(96(86)58-72)91-25-17-13-21-81(91)82-22-14-18-26-92(82)101/h11-60H,1-10H3/b29-27+,30-28+. The lowest BCUT2D eigenvalue weighted by Crippen LogP contribution is -2.26. The molecule has 14 aromatic rings. The molecule has 0 aromatic heterocycles. The van der Waals surface area contributed by atoms with Gasteiger partial charge in [-0.15, -0.1) is 0 Å². The monoisotopic (exact) mass is 1320 g/mol. The lowest BCUT2D eigenvalue weighted by atomic mass is 9.70. The van der Waals surface area contributed by atoms with Crippen LogP contribution in [0, 0.1) is 55.4 Å². The van der Waals surface area contributed by atoms with Crippen molar-refractivity contribution in [2.24, 2.45) is 0 Å². The maximum atomic E-state index is 2.52. The van der Waals surface area contributed by atoms with Gasteiger partial charge in [0, 0.05) is 39.5 Å². The van der Waals surface area contributed by atoms with Gasteiger partial charge in [-0.1, -0.05) is 232 Å². The van der Waals surface area contributed by atoms with Gasteiger partial charge >= 0.3 is 0 Å². The molecular formula is C101H80N2. The van der Waals surface area contributed by atoms with E-state index in [0.717, 1.165) is 11.4 Å². The average molecular weight is 1320 g/mol. The van der Waals surface area contributed by atoms with Gasteiger partial charge in [0.15, 0.2) is 0 Å². The minimum Gasteiger partial charge on any atom is -0.310 e. The van der Waals surface area contributed by atoms with Crippen LogP contribution < -0.4 is 9.80 Å². The predicted octanol–water partition coefficient (Wildman–Crippen LogP) is 26.4. The SMILES string of the molecule is Cc1cc(C)cc(N(c2cc(C)cc(C)c2)c2ccc3c(c2)C2(c4ccccc4-c4ccccc42)c2cc(/C=C/c4ccc5c(c4)C(C)(C)c4cc(/C=C/c6ccc7c(c6)C6(c8ccccc8-c8ccccc86)c6cc(N(c8cc(C)cc(C)c8)c8cc(C)cc(C)c8)ccc6-7)ccc4-5)ccc2-3)c1. The van der Waals surface area contributed by atoms with Crippen molar-refractivity contribution in [2.75, 3.05) is 9.80 Å². The first-order chi connectivity index (χ1) is 50.0. The van der Waals surface area contributed by atoms with E-state index in [1.54, 1.807) is 0 Å². The molecule has 0 heterocycles. The van der Waals surface area contributed by atoms with Gasteiger partial charge in [0.1, 0.15) is 0 Å². The lowest BCUT2D eigenvalue weighted by Gasteiger charge is -2.32. The van der Waals surface area contributed by atoms with Crippen LogP contribution in [0.3, 0.4) is 0 Å². The summed E-state index contributed by atoms with van der Waals surface area (Å²) in [6, 6.07) is 108. The molecule has 5 aliphatic rings. The van der Waals surface area contributed by atoms with Crippen LogP contribution in [0.15, 0.2) is 279 Å². The van der Waals surface area contributed by atoms with Crippen molar-refractivity contribution in [3.05, 3.63) is 401 Å². The van der Waals surface area contributed by atoms with Gasteiger partial charge in [-0.3, -0.25) is 0 Å². The molecule has 2 spiro atoms. The highest BCUT2D eigenvalue weighted by atomic mass is 15.1. The second-order valence-electron chi connectivity index (χ2n) is 30.7. The van der Waals surface area contributed by atoms with Crippen LogP contribution in [0.5, 0.6) is 0 Å². The van der Waals surface area contributed by atoms with E-state index in [1.165, 1.54) is 201 Å². The minimum absolute atomic E-state index is 0.224. The molecule has 14 aromatic carbocycles. The molecule has 0 N–H and O–H groups in total. The Kier molecular flexibility index (Phi) is 13.9. The fourth-order valence-corrected chi connectivity index (χ4v) is 19.4. The Morgan fingerprint density at radius 2 is 0.408 bits per heavy atom. The lowest BCUT2D eigenvalue weighted by molar-refractivity contribution is 0.660. The second kappa shape index (κ2) is 23.1. The molecule has 103 heavy (non-hydrogen) atoms. The number of rotatable bonds is 10. The van der Waals surface area contributed by atoms with Gasteiger partial charge in [-0.25, -0.2) is 0 Å². The van der Waals surface area contributed by atoms with E-state index in [-0.39, 0.29) is 5.41 Å². The van der Waals surface area contributed by atoms with Gasteiger partial charge in [0.05, 0.1) is 10.8 Å². The maximum absolute atomic E-state index is 2.52. The molecule has 5 aliphatic carbocycles. The van der Waals surface area contributed by atoms with Crippen molar-refractivity contribution < 1.29 is 0 Å². The van der Waals surface area contributed by atoms with Crippen LogP contribution in [0.4, 0.5) is 34.1 Å². The Morgan fingerprint density at radius 3 is 0.680 bits per heavy atom.